The third kappa shape index (κ3) is 3.28. The van der Waals surface area contributed by atoms with E-state index in [1.54, 1.807) is 0 Å². The zero-order valence-corrected chi connectivity index (χ0v) is 12.3. The number of aryl methyl sites for hydroxylation is 1. The Kier molecular flexibility index (Phi) is 4.48. The second-order valence-corrected chi connectivity index (χ2v) is 6.03. The van der Waals surface area contributed by atoms with Crippen molar-refractivity contribution in [2.45, 2.75) is 45.3 Å². The maximum Gasteiger partial charge on any atom is 0.0620 e. The van der Waals surface area contributed by atoms with E-state index in [0.29, 0.717) is 18.6 Å². The zero-order chi connectivity index (χ0) is 13.9. The van der Waals surface area contributed by atoms with E-state index in [1.165, 1.54) is 11.3 Å². The Hall–Kier alpha value is -1.06. The first kappa shape index (κ1) is 14.4. The summed E-state index contributed by atoms with van der Waals surface area (Å²) in [6.45, 7) is 7.99. The van der Waals surface area contributed by atoms with Gasteiger partial charge in [0.25, 0.3) is 0 Å². The molecule has 0 saturated carbocycles. The van der Waals surface area contributed by atoms with Crippen LogP contribution in [0, 0.1) is 12.8 Å². The van der Waals surface area contributed by atoms with E-state index >= 15 is 0 Å². The highest BCUT2D eigenvalue weighted by Crippen LogP contribution is 2.32. The molecule has 2 rings (SSSR count). The minimum Gasteiger partial charge on any atom is -0.378 e. The van der Waals surface area contributed by atoms with Gasteiger partial charge in [-0.25, -0.2) is 0 Å². The van der Waals surface area contributed by atoms with E-state index in [4.69, 9.17) is 10.5 Å². The van der Waals surface area contributed by atoms with Crippen molar-refractivity contribution in [2.75, 3.05) is 18.5 Å². The van der Waals surface area contributed by atoms with E-state index in [1.807, 2.05) is 0 Å². The van der Waals surface area contributed by atoms with Crippen LogP contribution in [0.25, 0.3) is 0 Å². The summed E-state index contributed by atoms with van der Waals surface area (Å²) in [7, 11) is 0. The van der Waals surface area contributed by atoms with Crippen molar-refractivity contribution in [1.82, 2.24) is 0 Å². The molecule has 1 aromatic carbocycles. The average molecular weight is 262 g/mol. The van der Waals surface area contributed by atoms with Crippen LogP contribution in [0.2, 0.25) is 0 Å². The van der Waals surface area contributed by atoms with Crippen LogP contribution >= 0.6 is 0 Å². The molecular weight excluding hydrogens is 236 g/mol. The largest absolute Gasteiger partial charge is 0.378 e. The quantitative estimate of drug-likeness (QED) is 0.877. The van der Waals surface area contributed by atoms with Gasteiger partial charge in [-0.2, -0.15) is 0 Å². The number of hydrogen-bond donors (Lipinski definition) is 2. The van der Waals surface area contributed by atoms with Crippen molar-refractivity contribution in [2.24, 2.45) is 11.7 Å². The van der Waals surface area contributed by atoms with Gasteiger partial charge in [0, 0.05) is 18.8 Å². The van der Waals surface area contributed by atoms with Gasteiger partial charge >= 0.3 is 0 Å². The van der Waals surface area contributed by atoms with Gasteiger partial charge in [0.2, 0.25) is 0 Å². The van der Waals surface area contributed by atoms with E-state index in [0.717, 1.165) is 19.4 Å². The Labute approximate surface area is 116 Å². The van der Waals surface area contributed by atoms with Crippen LogP contribution in [0.4, 0.5) is 5.69 Å². The van der Waals surface area contributed by atoms with Crippen LogP contribution in [0.15, 0.2) is 24.3 Å². The van der Waals surface area contributed by atoms with Gasteiger partial charge < -0.3 is 15.8 Å². The van der Waals surface area contributed by atoms with Crippen molar-refractivity contribution in [3.05, 3.63) is 29.8 Å². The molecule has 1 aliphatic heterocycles. The summed E-state index contributed by atoms with van der Waals surface area (Å²) in [6, 6.07) is 8.40. The number of ether oxygens (including phenoxy) is 1. The van der Waals surface area contributed by atoms with Crippen molar-refractivity contribution >= 4 is 5.69 Å². The zero-order valence-electron chi connectivity index (χ0n) is 12.3. The highest BCUT2D eigenvalue weighted by atomic mass is 16.5. The predicted molar refractivity (Wildman–Crippen MR) is 80.4 cm³/mol. The van der Waals surface area contributed by atoms with Crippen LogP contribution < -0.4 is 11.1 Å². The molecule has 19 heavy (non-hydrogen) atoms. The van der Waals surface area contributed by atoms with E-state index in [-0.39, 0.29) is 5.54 Å². The van der Waals surface area contributed by atoms with Gasteiger partial charge in [0.1, 0.15) is 0 Å². The number of anilines is 1. The van der Waals surface area contributed by atoms with Crippen LogP contribution in [0.5, 0.6) is 0 Å². The maximum atomic E-state index is 6.08. The molecule has 0 aromatic heterocycles. The highest BCUT2D eigenvalue weighted by molar-refractivity contribution is 5.52. The number of nitrogens with one attached hydrogen (secondary N) is 1. The van der Waals surface area contributed by atoms with Crippen LogP contribution in [0.3, 0.4) is 0 Å². The fourth-order valence-corrected chi connectivity index (χ4v) is 2.73. The molecule has 0 bridgehead atoms. The fraction of sp³-hybridized carbons (Fsp3) is 0.625. The minimum absolute atomic E-state index is 0.0285. The smallest absolute Gasteiger partial charge is 0.0620 e. The lowest BCUT2D eigenvalue weighted by Gasteiger charge is -2.43. The van der Waals surface area contributed by atoms with Gasteiger partial charge in [-0.05, 0) is 37.3 Å². The molecule has 106 valence electrons. The highest BCUT2D eigenvalue weighted by Gasteiger charge is 2.37. The first-order chi connectivity index (χ1) is 9.06. The fourth-order valence-electron chi connectivity index (χ4n) is 2.73. The molecule has 0 amide bonds. The molecule has 0 radical (unpaired) electrons. The van der Waals surface area contributed by atoms with Crippen molar-refractivity contribution in [3.63, 3.8) is 0 Å². The number of rotatable bonds is 4. The Bertz CT molecular complexity index is 419. The van der Waals surface area contributed by atoms with Gasteiger partial charge in [0.05, 0.1) is 11.6 Å². The lowest BCUT2D eigenvalue weighted by atomic mass is 9.83. The molecule has 0 aliphatic carbocycles. The summed E-state index contributed by atoms with van der Waals surface area (Å²) < 4.78 is 5.87. The standard InChI is InChI=1S/C16H26N2O/c1-12(2)15-10-16(11-17,8-9-19-15)18-14-7-5-4-6-13(14)3/h4-7,12,15,18H,8-11,17H2,1-3H3. The van der Waals surface area contributed by atoms with Crippen LogP contribution in [0.1, 0.15) is 32.3 Å². The molecule has 3 nitrogen and oxygen atoms in total. The molecule has 3 N–H and O–H groups in total. The lowest BCUT2D eigenvalue weighted by molar-refractivity contribution is -0.0357. The third-order valence-corrected chi connectivity index (χ3v) is 4.18. The van der Waals surface area contributed by atoms with E-state index in [2.05, 4.69) is 50.4 Å². The monoisotopic (exact) mass is 262 g/mol. The second kappa shape index (κ2) is 5.93. The molecule has 2 atom stereocenters. The maximum absolute atomic E-state index is 6.08. The molecule has 3 heteroatoms. The average Bonchev–Trinajstić information content (AvgIpc) is 2.42. The Morgan fingerprint density at radius 1 is 1.42 bits per heavy atom. The molecule has 0 spiro atoms. The first-order valence-electron chi connectivity index (χ1n) is 7.22. The summed E-state index contributed by atoms with van der Waals surface area (Å²) in [6.07, 6.45) is 2.25. The summed E-state index contributed by atoms with van der Waals surface area (Å²) in [5.74, 6) is 0.532. The third-order valence-electron chi connectivity index (χ3n) is 4.18. The van der Waals surface area contributed by atoms with Crippen LogP contribution in [-0.4, -0.2) is 24.8 Å². The minimum atomic E-state index is -0.0285. The SMILES string of the molecule is Cc1ccccc1NC1(CN)CCOC(C(C)C)C1. The van der Waals surface area contributed by atoms with Gasteiger partial charge in [-0.15, -0.1) is 0 Å². The normalized spacial score (nSPS) is 27.5. The second-order valence-electron chi connectivity index (χ2n) is 6.03. The first-order valence-corrected chi connectivity index (χ1v) is 7.22. The van der Waals surface area contributed by atoms with Crippen LogP contribution in [-0.2, 0) is 4.74 Å². The molecule has 2 unspecified atom stereocenters. The van der Waals surface area contributed by atoms with Gasteiger partial charge in [0.15, 0.2) is 0 Å². The number of hydrogen-bond acceptors (Lipinski definition) is 3. The summed E-state index contributed by atoms with van der Waals surface area (Å²) in [4.78, 5) is 0. The number of benzene rings is 1. The van der Waals surface area contributed by atoms with Crippen molar-refractivity contribution < 1.29 is 4.74 Å². The Morgan fingerprint density at radius 3 is 2.79 bits per heavy atom. The van der Waals surface area contributed by atoms with E-state index in [9.17, 15) is 0 Å². The number of nitrogens with two attached hydrogens (primary N) is 1. The topological polar surface area (TPSA) is 47.3 Å². The number of para-hydroxylation sites is 1. The molecule has 1 aromatic rings. The van der Waals surface area contributed by atoms with Gasteiger partial charge in [-0.1, -0.05) is 32.0 Å². The molecular formula is C16H26N2O. The summed E-state index contributed by atoms with van der Waals surface area (Å²) in [5.41, 5.74) is 8.51. The Morgan fingerprint density at radius 2 is 2.16 bits per heavy atom. The molecule has 1 fully saturated rings. The molecule has 1 saturated heterocycles. The Balaban J connectivity index is 2.16. The summed E-state index contributed by atoms with van der Waals surface area (Å²) >= 11 is 0. The van der Waals surface area contributed by atoms with Crippen molar-refractivity contribution in [3.8, 4) is 0 Å². The summed E-state index contributed by atoms with van der Waals surface area (Å²) in [5, 5.41) is 3.69. The molecule has 1 aliphatic rings. The lowest BCUT2D eigenvalue weighted by Crippen LogP contribution is -2.53. The van der Waals surface area contributed by atoms with E-state index < -0.39 is 0 Å². The van der Waals surface area contributed by atoms with Crippen molar-refractivity contribution in [1.29, 1.82) is 0 Å². The van der Waals surface area contributed by atoms with Gasteiger partial charge in [-0.3, -0.25) is 0 Å². The predicted octanol–water partition coefficient (Wildman–Crippen LogP) is 2.94. The molecule has 1 heterocycles.